The average molecular weight is 485 g/mol. The van der Waals surface area contributed by atoms with Crippen molar-refractivity contribution >= 4 is 23.4 Å². The molecule has 0 radical (unpaired) electrons. The molecular formula is C26H33ClN4O3. The molecule has 182 valence electrons. The number of likely N-dealkylation sites (tertiary alicyclic amines) is 1. The average Bonchev–Trinajstić information content (AvgIpc) is 3.21. The molecule has 2 saturated heterocycles. The molecule has 2 aliphatic heterocycles. The quantitative estimate of drug-likeness (QED) is 0.602. The second-order valence-corrected chi connectivity index (χ2v) is 9.57. The van der Waals surface area contributed by atoms with Crippen LogP contribution in [0, 0.1) is 0 Å². The van der Waals surface area contributed by atoms with Crippen LogP contribution in [-0.4, -0.2) is 67.0 Å². The van der Waals surface area contributed by atoms with Crippen LogP contribution in [0.1, 0.15) is 30.4 Å². The Kier molecular flexibility index (Phi) is 8.08. The Morgan fingerprint density at radius 3 is 2.74 bits per heavy atom. The van der Waals surface area contributed by atoms with E-state index in [1.165, 1.54) is 0 Å². The van der Waals surface area contributed by atoms with E-state index in [0.29, 0.717) is 37.5 Å². The highest BCUT2D eigenvalue weighted by Gasteiger charge is 2.44. The van der Waals surface area contributed by atoms with Crippen molar-refractivity contribution in [2.24, 2.45) is 0 Å². The molecule has 2 aliphatic rings. The molecule has 0 unspecified atom stereocenters. The summed E-state index contributed by atoms with van der Waals surface area (Å²) in [6.45, 7) is 2.60. The van der Waals surface area contributed by atoms with Gasteiger partial charge >= 0.3 is 0 Å². The minimum Gasteiger partial charge on any atom is -0.497 e. The van der Waals surface area contributed by atoms with Crippen molar-refractivity contribution in [3.63, 3.8) is 0 Å². The Hall–Kier alpha value is -2.61. The van der Waals surface area contributed by atoms with Crippen molar-refractivity contribution in [1.29, 1.82) is 0 Å². The van der Waals surface area contributed by atoms with E-state index in [9.17, 15) is 9.59 Å². The Morgan fingerprint density at radius 2 is 2.00 bits per heavy atom. The number of halogens is 1. The van der Waals surface area contributed by atoms with E-state index < -0.39 is 0 Å². The molecule has 0 saturated carbocycles. The number of methoxy groups -OCH3 is 1. The lowest BCUT2D eigenvalue weighted by molar-refractivity contribution is -0.126. The van der Waals surface area contributed by atoms with Crippen LogP contribution in [-0.2, 0) is 22.7 Å². The Balaban J connectivity index is 1.30. The summed E-state index contributed by atoms with van der Waals surface area (Å²) in [4.78, 5) is 30.0. The molecule has 0 aromatic heterocycles. The van der Waals surface area contributed by atoms with Gasteiger partial charge < -0.3 is 15.4 Å². The second kappa shape index (κ2) is 11.2. The van der Waals surface area contributed by atoms with Crippen LogP contribution in [0.2, 0.25) is 5.02 Å². The van der Waals surface area contributed by atoms with Crippen LogP contribution in [0.25, 0.3) is 0 Å². The van der Waals surface area contributed by atoms with Gasteiger partial charge in [-0.15, -0.1) is 0 Å². The van der Waals surface area contributed by atoms with Gasteiger partial charge in [-0.05, 0) is 55.3 Å². The van der Waals surface area contributed by atoms with Gasteiger partial charge in [0.15, 0.2) is 0 Å². The highest BCUT2D eigenvalue weighted by molar-refractivity contribution is 6.30. The fraction of sp³-hybridized carbons (Fsp3) is 0.462. The number of hydrogen-bond donors (Lipinski definition) is 2. The number of carbonyl (C=O) groups is 2. The first-order valence-corrected chi connectivity index (χ1v) is 12.2. The van der Waals surface area contributed by atoms with E-state index in [4.69, 9.17) is 16.3 Å². The van der Waals surface area contributed by atoms with Crippen LogP contribution in [0.15, 0.2) is 48.5 Å². The van der Waals surface area contributed by atoms with E-state index in [0.717, 1.165) is 29.8 Å². The molecule has 2 fully saturated rings. The van der Waals surface area contributed by atoms with Crippen molar-refractivity contribution in [2.45, 2.75) is 50.5 Å². The number of likely N-dealkylation sites (N-methyl/N-ethyl adjacent to an activating group) is 1. The summed E-state index contributed by atoms with van der Waals surface area (Å²) < 4.78 is 5.17. The van der Waals surface area contributed by atoms with Gasteiger partial charge in [-0.25, -0.2) is 0 Å². The van der Waals surface area contributed by atoms with Crippen LogP contribution < -0.4 is 15.4 Å². The fourth-order valence-corrected chi connectivity index (χ4v) is 5.24. The molecule has 2 heterocycles. The summed E-state index contributed by atoms with van der Waals surface area (Å²) in [6, 6.07) is 15.5. The van der Waals surface area contributed by atoms with Crippen LogP contribution >= 0.6 is 11.6 Å². The third-order valence-corrected chi connectivity index (χ3v) is 7.21. The Bertz CT molecular complexity index is 1000. The first-order chi connectivity index (χ1) is 16.4. The van der Waals surface area contributed by atoms with Gasteiger partial charge in [0, 0.05) is 49.7 Å². The number of nitrogens with one attached hydrogen (secondary N) is 2. The zero-order valence-corrected chi connectivity index (χ0v) is 20.6. The second-order valence-electron chi connectivity index (χ2n) is 9.13. The number of fused-ring (bicyclic) bond motifs is 1. The van der Waals surface area contributed by atoms with E-state index in [1.807, 2.05) is 48.5 Å². The summed E-state index contributed by atoms with van der Waals surface area (Å²) in [5, 5.41) is 6.83. The van der Waals surface area contributed by atoms with E-state index in [1.54, 1.807) is 7.11 Å². The van der Waals surface area contributed by atoms with Crippen molar-refractivity contribution in [1.82, 2.24) is 20.4 Å². The number of ether oxygens (including phenoxy) is 1. The fourth-order valence-electron chi connectivity index (χ4n) is 5.03. The zero-order valence-electron chi connectivity index (χ0n) is 19.8. The first kappa shape index (κ1) is 24.5. The molecule has 2 aromatic rings. The van der Waals surface area contributed by atoms with Crippen LogP contribution in [0.4, 0.5) is 0 Å². The van der Waals surface area contributed by atoms with Crippen molar-refractivity contribution in [3.05, 3.63) is 64.7 Å². The van der Waals surface area contributed by atoms with Gasteiger partial charge in [0.2, 0.25) is 11.8 Å². The van der Waals surface area contributed by atoms with E-state index in [-0.39, 0.29) is 29.9 Å². The zero-order chi connectivity index (χ0) is 24.1. The van der Waals surface area contributed by atoms with Crippen LogP contribution in [0.5, 0.6) is 5.75 Å². The molecule has 3 atom stereocenters. The predicted molar refractivity (Wildman–Crippen MR) is 133 cm³/mol. The maximum atomic E-state index is 13.0. The molecular weight excluding hydrogens is 452 g/mol. The standard InChI is InChI=1S/C26H33ClN4O3/c1-30-21(8-11-24(32)28-15-18-6-9-22(34-2)10-7-18)16-29-26(33)25-23(30)12-13-31(25)17-19-4-3-5-20(27)14-19/h3-7,9-10,14,21,23,25H,8,11-13,15-17H2,1-2H3,(H,28,32)(H,29,33)/t21-,23-,25-/m0/s1. The lowest BCUT2D eigenvalue weighted by Gasteiger charge is -2.33. The first-order valence-electron chi connectivity index (χ1n) is 11.8. The highest BCUT2D eigenvalue weighted by Crippen LogP contribution is 2.29. The smallest absolute Gasteiger partial charge is 0.239 e. The van der Waals surface area contributed by atoms with Gasteiger partial charge in [-0.3, -0.25) is 19.4 Å². The number of benzene rings is 2. The monoisotopic (exact) mass is 484 g/mol. The summed E-state index contributed by atoms with van der Waals surface area (Å²) in [5.74, 6) is 0.887. The molecule has 8 heteroatoms. The topological polar surface area (TPSA) is 73.9 Å². The highest BCUT2D eigenvalue weighted by atomic mass is 35.5. The van der Waals surface area contributed by atoms with Crippen molar-refractivity contribution in [2.75, 3.05) is 27.2 Å². The van der Waals surface area contributed by atoms with Crippen LogP contribution in [0.3, 0.4) is 0 Å². The minimum absolute atomic E-state index is 0.0188. The van der Waals surface area contributed by atoms with Gasteiger partial charge in [-0.1, -0.05) is 35.9 Å². The third-order valence-electron chi connectivity index (χ3n) is 6.98. The predicted octanol–water partition coefficient (Wildman–Crippen LogP) is 2.82. The Morgan fingerprint density at radius 1 is 1.21 bits per heavy atom. The van der Waals surface area contributed by atoms with Gasteiger partial charge in [-0.2, -0.15) is 0 Å². The number of rotatable bonds is 8. The number of hydrogen-bond acceptors (Lipinski definition) is 5. The number of nitrogens with zero attached hydrogens (tertiary/aromatic N) is 2. The lowest BCUT2D eigenvalue weighted by atomic mass is 10.0. The molecule has 34 heavy (non-hydrogen) atoms. The summed E-state index contributed by atoms with van der Waals surface area (Å²) in [5.41, 5.74) is 2.14. The van der Waals surface area contributed by atoms with Gasteiger partial charge in [0.05, 0.1) is 7.11 Å². The number of carbonyl (C=O) groups excluding carboxylic acids is 2. The van der Waals surface area contributed by atoms with Crippen molar-refractivity contribution < 1.29 is 14.3 Å². The molecule has 2 amide bonds. The molecule has 0 aliphatic carbocycles. The summed E-state index contributed by atoms with van der Waals surface area (Å²) in [7, 11) is 3.72. The number of amides is 2. The summed E-state index contributed by atoms with van der Waals surface area (Å²) >= 11 is 6.15. The molecule has 2 aromatic carbocycles. The minimum atomic E-state index is -0.196. The molecule has 7 nitrogen and oxygen atoms in total. The van der Waals surface area contributed by atoms with E-state index in [2.05, 4.69) is 27.5 Å². The summed E-state index contributed by atoms with van der Waals surface area (Å²) in [6.07, 6.45) is 2.04. The molecule has 4 rings (SSSR count). The van der Waals surface area contributed by atoms with E-state index >= 15 is 0 Å². The third kappa shape index (κ3) is 5.90. The Labute approximate surface area is 206 Å². The SMILES string of the molecule is COc1ccc(CNC(=O)CC[C@H]2CNC(=O)[C@@H]3[C@H](CCN3Cc3cccc(Cl)c3)N2C)cc1. The molecule has 2 N–H and O–H groups in total. The maximum Gasteiger partial charge on any atom is 0.239 e. The molecule has 0 spiro atoms. The normalized spacial score (nSPS) is 23.1. The maximum absolute atomic E-state index is 13.0. The van der Waals surface area contributed by atoms with Crippen molar-refractivity contribution in [3.8, 4) is 5.75 Å². The van der Waals surface area contributed by atoms with Gasteiger partial charge in [0.25, 0.3) is 0 Å². The molecule has 0 bridgehead atoms. The largest absolute Gasteiger partial charge is 0.497 e. The lowest BCUT2D eigenvalue weighted by Crippen LogP contribution is -2.49. The van der Waals surface area contributed by atoms with Gasteiger partial charge in [0.1, 0.15) is 11.8 Å².